The van der Waals surface area contributed by atoms with E-state index < -0.39 is 10.0 Å². The fourth-order valence-corrected chi connectivity index (χ4v) is 4.52. The van der Waals surface area contributed by atoms with E-state index in [1.165, 1.54) is 6.07 Å². The molecule has 21 heavy (non-hydrogen) atoms. The molecule has 1 aliphatic rings. The number of nitrogens with two attached hydrogens (primary N) is 1. The highest BCUT2D eigenvalue weighted by Gasteiger charge is 2.42. The lowest BCUT2D eigenvalue weighted by atomic mass is 10.0. The van der Waals surface area contributed by atoms with Gasteiger partial charge >= 0.3 is 0 Å². The summed E-state index contributed by atoms with van der Waals surface area (Å²) in [6, 6.07) is 3.22. The van der Waals surface area contributed by atoms with Crippen molar-refractivity contribution in [1.29, 1.82) is 0 Å². The molecule has 0 bridgehead atoms. The summed E-state index contributed by atoms with van der Waals surface area (Å²) in [5, 5.41) is 0.399. The van der Waals surface area contributed by atoms with Crippen molar-refractivity contribution >= 4 is 21.6 Å². The summed E-state index contributed by atoms with van der Waals surface area (Å²) in [7, 11) is -3.55. The molecule has 0 heterocycles. The third-order valence-corrected chi connectivity index (χ3v) is 6.06. The van der Waals surface area contributed by atoms with Crippen LogP contribution in [0.4, 0.5) is 0 Å². The average molecular weight is 331 g/mol. The lowest BCUT2D eigenvalue weighted by Crippen LogP contribution is -2.31. The second kappa shape index (κ2) is 6.24. The number of hydrogen-bond acceptors (Lipinski definition) is 3. The van der Waals surface area contributed by atoms with Crippen LogP contribution in [0.5, 0.6) is 0 Å². The fourth-order valence-electron chi connectivity index (χ4n) is 2.75. The van der Waals surface area contributed by atoms with Crippen molar-refractivity contribution in [3.63, 3.8) is 0 Å². The van der Waals surface area contributed by atoms with E-state index in [4.69, 9.17) is 17.3 Å². The van der Waals surface area contributed by atoms with Crippen LogP contribution in [0.3, 0.4) is 0 Å². The number of nitrogens with one attached hydrogen (secondary N) is 1. The van der Waals surface area contributed by atoms with Crippen LogP contribution in [0.1, 0.15) is 43.7 Å². The van der Waals surface area contributed by atoms with Crippen molar-refractivity contribution in [2.75, 3.05) is 6.54 Å². The van der Waals surface area contributed by atoms with Crippen LogP contribution in [0.2, 0.25) is 5.02 Å². The maximum absolute atomic E-state index is 12.5. The summed E-state index contributed by atoms with van der Waals surface area (Å²) in [6.45, 7) is 4.68. The SMILES string of the molecule is CCCC1(CNS(=O)(=O)c2cc(Cl)cc(CN)c2C)CC1. The molecule has 0 aliphatic heterocycles. The van der Waals surface area contributed by atoms with Crippen molar-refractivity contribution in [1.82, 2.24) is 4.72 Å². The Labute approximate surface area is 132 Å². The van der Waals surface area contributed by atoms with Gasteiger partial charge in [-0.05, 0) is 54.9 Å². The molecule has 0 atom stereocenters. The van der Waals surface area contributed by atoms with Gasteiger partial charge in [0.2, 0.25) is 10.0 Å². The summed E-state index contributed by atoms with van der Waals surface area (Å²) in [5.74, 6) is 0. The molecule has 3 N–H and O–H groups in total. The zero-order valence-electron chi connectivity index (χ0n) is 12.6. The van der Waals surface area contributed by atoms with Crippen LogP contribution in [-0.4, -0.2) is 15.0 Å². The van der Waals surface area contributed by atoms with Gasteiger partial charge in [0.25, 0.3) is 0 Å². The van der Waals surface area contributed by atoms with E-state index in [9.17, 15) is 8.42 Å². The lowest BCUT2D eigenvalue weighted by Gasteiger charge is -2.17. The first-order valence-corrected chi connectivity index (χ1v) is 9.18. The van der Waals surface area contributed by atoms with E-state index >= 15 is 0 Å². The topological polar surface area (TPSA) is 72.2 Å². The zero-order chi connectivity index (χ0) is 15.7. The summed E-state index contributed by atoms with van der Waals surface area (Å²) in [6.07, 6.45) is 4.35. The molecule has 1 aromatic carbocycles. The number of benzene rings is 1. The van der Waals surface area contributed by atoms with Gasteiger partial charge in [-0.15, -0.1) is 0 Å². The molecule has 6 heteroatoms. The van der Waals surface area contributed by atoms with Crippen LogP contribution in [-0.2, 0) is 16.6 Å². The Balaban J connectivity index is 2.22. The van der Waals surface area contributed by atoms with Crippen molar-refractivity contribution in [2.45, 2.75) is 51.0 Å². The quantitative estimate of drug-likeness (QED) is 0.807. The first kappa shape index (κ1) is 16.7. The molecular formula is C15H23ClN2O2S. The molecule has 0 spiro atoms. The maximum atomic E-state index is 12.5. The van der Waals surface area contributed by atoms with E-state index in [-0.39, 0.29) is 16.9 Å². The molecule has 0 saturated heterocycles. The van der Waals surface area contributed by atoms with Crippen LogP contribution in [0, 0.1) is 12.3 Å². The summed E-state index contributed by atoms with van der Waals surface area (Å²) < 4.78 is 27.8. The maximum Gasteiger partial charge on any atom is 0.240 e. The van der Waals surface area contributed by atoms with Crippen molar-refractivity contribution in [3.05, 3.63) is 28.3 Å². The van der Waals surface area contributed by atoms with Gasteiger partial charge in [-0.1, -0.05) is 24.9 Å². The molecule has 0 aromatic heterocycles. The fraction of sp³-hybridized carbons (Fsp3) is 0.600. The van der Waals surface area contributed by atoms with Crippen LogP contribution < -0.4 is 10.5 Å². The predicted octanol–water partition coefficient (Wildman–Crippen LogP) is 2.97. The summed E-state index contributed by atoms with van der Waals surface area (Å²) in [4.78, 5) is 0.239. The molecule has 1 aliphatic carbocycles. The Bertz CT molecular complexity index is 625. The third-order valence-electron chi connectivity index (χ3n) is 4.32. The van der Waals surface area contributed by atoms with E-state index in [2.05, 4.69) is 11.6 Å². The first-order chi connectivity index (χ1) is 9.83. The highest BCUT2D eigenvalue weighted by atomic mass is 35.5. The number of rotatable bonds is 7. The van der Waals surface area contributed by atoms with E-state index in [1.54, 1.807) is 13.0 Å². The van der Waals surface area contributed by atoms with Gasteiger partial charge in [-0.3, -0.25) is 0 Å². The molecular weight excluding hydrogens is 308 g/mol. The molecule has 1 aromatic rings. The standard InChI is InChI=1S/C15H23ClN2O2S/c1-3-4-15(5-6-15)10-18-21(19,20)14-8-13(16)7-12(9-17)11(14)2/h7-8,18H,3-6,9-10,17H2,1-2H3. The molecule has 1 saturated carbocycles. The van der Waals surface area contributed by atoms with Gasteiger partial charge in [0.05, 0.1) is 4.90 Å². The molecule has 0 radical (unpaired) electrons. The van der Waals surface area contributed by atoms with Crippen LogP contribution in [0.15, 0.2) is 17.0 Å². The van der Waals surface area contributed by atoms with E-state index in [0.717, 1.165) is 31.2 Å². The smallest absolute Gasteiger partial charge is 0.240 e. The van der Waals surface area contributed by atoms with Gasteiger partial charge in [0.15, 0.2) is 0 Å². The Morgan fingerprint density at radius 3 is 2.57 bits per heavy atom. The van der Waals surface area contributed by atoms with Crippen LogP contribution >= 0.6 is 11.6 Å². The molecule has 2 rings (SSSR count). The molecule has 0 amide bonds. The van der Waals surface area contributed by atoms with Crippen LogP contribution in [0.25, 0.3) is 0 Å². The van der Waals surface area contributed by atoms with Crippen molar-refractivity contribution in [2.24, 2.45) is 11.1 Å². The second-order valence-electron chi connectivity index (χ2n) is 5.97. The average Bonchev–Trinajstić information content (AvgIpc) is 3.19. The minimum Gasteiger partial charge on any atom is -0.326 e. The third kappa shape index (κ3) is 3.77. The number of hydrogen-bond donors (Lipinski definition) is 2. The van der Waals surface area contributed by atoms with Gasteiger partial charge in [-0.25, -0.2) is 13.1 Å². The number of sulfonamides is 1. The molecule has 1 fully saturated rings. The van der Waals surface area contributed by atoms with Crippen molar-refractivity contribution in [3.8, 4) is 0 Å². The summed E-state index contributed by atoms with van der Waals surface area (Å²) >= 11 is 6.01. The lowest BCUT2D eigenvalue weighted by molar-refractivity contribution is 0.449. The largest absolute Gasteiger partial charge is 0.326 e. The van der Waals surface area contributed by atoms with Crippen molar-refractivity contribution < 1.29 is 8.42 Å². The Kier molecular flexibility index (Phi) is 4.98. The Morgan fingerprint density at radius 1 is 1.38 bits per heavy atom. The predicted molar refractivity (Wildman–Crippen MR) is 85.8 cm³/mol. The van der Waals surface area contributed by atoms with E-state index in [0.29, 0.717) is 17.1 Å². The Hall–Kier alpha value is -0.620. The minimum atomic E-state index is -3.55. The minimum absolute atomic E-state index is 0.172. The normalized spacial score (nSPS) is 17.0. The highest BCUT2D eigenvalue weighted by molar-refractivity contribution is 7.89. The molecule has 4 nitrogen and oxygen atoms in total. The summed E-state index contributed by atoms with van der Waals surface area (Å²) in [5.41, 5.74) is 7.26. The van der Waals surface area contributed by atoms with Gasteiger partial charge in [-0.2, -0.15) is 0 Å². The monoisotopic (exact) mass is 330 g/mol. The molecule has 118 valence electrons. The Morgan fingerprint density at radius 2 is 2.05 bits per heavy atom. The van der Waals surface area contributed by atoms with Gasteiger partial charge in [0.1, 0.15) is 0 Å². The molecule has 0 unspecified atom stereocenters. The second-order valence-corrected chi connectivity index (χ2v) is 8.14. The highest BCUT2D eigenvalue weighted by Crippen LogP contribution is 2.49. The number of halogens is 1. The first-order valence-electron chi connectivity index (χ1n) is 7.32. The van der Waals surface area contributed by atoms with Gasteiger partial charge < -0.3 is 5.73 Å². The zero-order valence-corrected chi connectivity index (χ0v) is 14.1. The van der Waals surface area contributed by atoms with Gasteiger partial charge in [0, 0.05) is 18.1 Å². The van der Waals surface area contributed by atoms with E-state index in [1.807, 2.05) is 0 Å².